The predicted molar refractivity (Wildman–Crippen MR) is 97.5 cm³/mol. The number of hydrogen-bond donors (Lipinski definition) is 3. The maximum Gasteiger partial charge on any atom is 0.189 e. The lowest BCUT2D eigenvalue weighted by Gasteiger charge is -2.10. The highest BCUT2D eigenvalue weighted by molar-refractivity contribution is 9.10. The molecule has 24 heavy (non-hydrogen) atoms. The fourth-order valence-electron chi connectivity index (χ4n) is 2.06. The molecule has 7 heteroatoms. The molecule has 6 nitrogen and oxygen atoms in total. The highest BCUT2D eigenvalue weighted by Crippen LogP contribution is 2.27. The fraction of sp³-hybridized carbons (Fsp3) is 0.235. The molecule has 0 bridgehead atoms. The zero-order chi connectivity index (χ0) is 17.5. The van der Waals surface area contributed by atoms with Crippen molar-refractivity contribution < 1.29 is 14.6 Å². The first kappa shape index (κ1) is 17.9. The molecule has 2 aromatic rings. The molecule has 0 saturated carbocycles. The normalized spacial score (nSPS) is 11.2. The molecule has 0 amide bonds. The minimum atomic E-state index is 0.197. The van der Waals surface area contributed by atoms with Crippen LogP contribution in [0.25, 0.3) is 0 Å². The van der Waals surface area contributed by atoms with Gasteiger partial charge in [0.15, 0.2) is 17.5 Å². The number of nitrogens with one attached hydrogen (secondary N) is 1. The van der Waals surface area contributed by atoms with Crippen LogP contribution in [-0.2, 0) is 13.1 Å². The third-order valence-electron chi connectivity index (χ3n) is 3.37. The largest absolute Gasteiger partial charge is 0.507 e. The summed E-state index contributed by atoms with van der Waals surface area (Å²) < 4.78 is 11.1. The number of ether oxygens (including phenoxy) is 2. The van der Waals surface area contributed by atoms with E-state index in [4.69, 9.17) is 15.2 Å². The second-order valence-corrected chi connectivity index (χ2v) is 5.88. The molecule has 0 aromatic heterocycles. The molecule has 0 aliphatic heterocycles. The number of nitrogens with two attached hydrogens (primary N) is 1. The predicted octanol–water partition coefficient (Wildman–Crippen LogP) is 2.78. The summed E-state index contributed by atoms with van der Waals surface area (Å²) in [6.07, 6.45) is 0. The molecule has 0 aliphatic rings. The van der Waals surface area contributed by atoms with Gasteiger partial charge in [-0.1, -0.05) is 12.1 Å². The Morgan fingerprint density at radius 2 is 1.83 bits per heavy atom. The number of phenolic OH excluding ortho intramolecular Hbond substituents is 1. The molecule has 2 rings (SSSR count). The van der Waals surface area contributed by atoms with Gasteiger partial charge in [0.05, 0.1) is 25.2 Å². The van der Waals surface area contributed by atoms with Gasteiger partial charge in [-0.15, -0.1) is 0 Å². The van der Waals surface area contributed by atoms with Crippen molar-refractivity contribution in [3.63, 3.8) is 0 Å². The van der Waals surface area contributed by atoms with Gasteiger partial charge < -0.3 is 25.6 Å². The van der Waals surface area contributed by atoms with E-state index in [2.05, 4.69) is 26.2 Å². The molecule has 0 fully saturated rings. The van der Waals surface area contributed by atoms with Crippen molar-refractivity contribution in [2.45, 2.75) is 13.1 Å². The van der Waals surface area contributed by atoms with E-state index in [1.165, 1.54) is 0 Å². The Morgan fingerprint density at radius 1 is 1.12 bits per heavy atom. The van der Waals surface area contributed by atoms with Crippen molar-refractivity contribution >= 4 is 21.9 Å². The van der Waals surface area contributed by atoms with Gasteiger partial charge in [0.25, 0.3) is 0 Å². The monoisotopic (exact) mass is 393 g/mol. The van der Waals surface area contributed by atoms with Crippen LogP contribution in [0.5, 0.6) is 17.2 Å². The average Bonchev–Trinajstić information content (AvgIpc) is 2.60. The lowest BCUT2D eigenvalue weighted by atomic mass is 10.2. The SMILES string of the molecule is COc1ccc(CNC(N)=NCc2ccc(O)c(Br)c2)cc1OC. The molecule has 0 atom stereocenters. The molecule has 0 unspecified atom stereocenters. The summed E-state index contributed by atoms with van der Waals surface area (Å²) in [5.41, 5.74) is 7.82. The molecule has 0 radical (unpaired) electrons. The second-order valence-electron chi connectivity index (χ2n) is 5.03. The van der Waals surface area contributed by atoms with Crippen LogP contribution in [-0.4, -0.2) is 25.3 Å². The van der Waals surface area contributed by atoms with Crippen molar-refractivity contribution in [1.82, 2.24) is 5.32 Å². The standard InChI is InChI=1S/C17H20BrN3O3/c1-23-15-6-4-12(8-16(15)24-2)10-21-17(19)20-9-11-3-5-14(22)13(18)7-11/h3-8,22H,9-10H2,1-2H3,(H3,19,20,21). The van der Waals surface area contributed by atoms with E-state index in [1.807, 2.05) is 18.2 Å². The van der Waals surface area contributed by atoms with E-state index < -0.39 is 0 Å². The Hall–Kier alpha value is -2.41. The first-order valence-electron chi connectivity index (χ1n) is 7.25. The molecule has 0 spiro atoms. The maximum absolute atomic E-state index is 9.47. The van der Waals surface area contributed by atoms with Gasteiger partial charge in [-0.25, -0.2) is 4.99 Å². The van der Waals surface area contributed by atoms with Gasteiger partial charge in [-0.2, -0.15) is 0 Å². The highest BCUT2D eigenvalue weighted by atomic mass is 79.9. The molecule has 128 valence electrons. The molecule has 0 aliphatic carbocycles. The Kier molecular flexibility index (Phi) is 6.31. The van der Waals surface area contributed by atoms with E-state index >= 15 is 0 Å². The first-order chi connectivity index (χ1) is 11.5. The Morgan fingerprint density at radius 3 is 2.50 bits per heavy atom. The van der Waals surface area contributed by atoms with Gasteiger partial charge in [-0.05, 0) is 51.3 Å². The molecule has 4 N–H and O–H groups in total. The highest BCUT2D eigenvalue weighted by Gasteiger charge is 2.05. The van der Waals surface area contributed by atoms with E-state index in [0.717, 1.165) is 11.1 Å². The van der Waals surface area contributed by atoms with Crippen molar-refractivity contribution in [3.8, 4) is 17.2 Å². The first-order valence-corrected chi connectivity index (χ1v) is 8.05. The molecule has 2 aromatic carbocycles. The number of aliphatic imine (C=N–C) groups is 1. The van der Waals surface area contributed by atoms with Gasteiger partial charge in [0.1, 0.15) is 5.75 Å². The van der Waals surface area contributed by atoms with Crippen molar-refractivity contribution in [1.29, 1.82) is 0 Å². The smallest absolute Gasteiger partial charge is 0.189 e. The van der Waals surface area contributed by atoms with Crippen LogP contribution in [0.4, 0.5) is 0 Å². The van der Waals surface area contributed by atoms with Crippen molar-refractivity contribution in [3.05, 3.63) is 52.0 Å². The minimum absolute atomic E-state index is 0.197. The second kappa shape index (κ2) is 8.44. The van der Waals surface area contributed by atoms with Crippen LogP contribution in [0.2, 0.25) is 0 Å². The fourth-order valence-corrected chi connectivity index (χ4v) is 2.49. The Labute approximate surface area is 149 Å². The van der Waals surface area contributed by atoms with Gasteiger partial charge in [0, 0.05) is 6.54 Å². The number of guanidine groups is 1. The van der Waals surface area contributed by atoms with Crippen LogP contribution in [0, 0.1) is 0 Å². The summed E-state index contributed by atoms with van der Waals surface area (Å²) in [5, 5.41) is 12.5. The third-order valence-corrected chi connectivity index (χ3v) is 4.00. The Bertz CT molecular complexity index is 735. The molecular weight excluding hydrogens is 374 g/mol. The summed E-state index contributed by atoms with van der Waals surface area (Å²) in [6.45, 7) is 0.943. The van der Waals surface area contributed by atoms with Crippen molar-refractivity contribution in [2.75, 3.05) is 14.2 Å². The van der Waals surface area contributed by atoms with Crippen LogP contribution < -0.4 is 20.5 Å². The lowest BCUT2D eigenvalue weighted by Crippen LogP contribution is -2.31. The van der Waals surface area contributed by atoms with Crippen LogP contribution in [0.15, 0.2) is 45.9 Å². The van der Waals surface area contributed by atoms with Gasteiger partial charge in [-0.3, -0.25) is 0 Å². The summed E-state index contributed by atoms with van der Waals surface area (Å²) >= 11 is 3.27. The van der Waals surface area contributed by atoms with Gasteiger partial charge >= 0.3 is 0 Å². The molecular formula is C17H20BrN3O3. The number of rotatable bonds is 6. The number of phenols is 1. The number of hydrogen-bond acceptors (Lipinski definition) is 4. The van der Waals surface area contributed by atoms with Crippen LogP contribution in [0.3, 0.4) is 0 Å². The van der Waals surface area contributed by atoms with E-state index in [9.17, 15) is 5.11 Å². The maximum atomic E-state index is 9.47. The number of halogens is 1. The number of nitrogens with zero attached hydrogens (tertiary/aromatic N) is 1. The van der Waals surface area contributed by atoms with Crippen LogP contribution >= 0.6 is 15.9 Å². The quantitative estimate of drug-likeness (QED) is 0.518. The van der Waals surface area contributed by atoms with Gasteiger partial charge in [0.2, 0.25) is 0 Å². The summed E-state index contributed by atoms with van der Waals surface area (Å²) in [5.74, 6) is 1.89. The third kappa shape index (κ3) is 4.79. The summed E-state index contributed by atoms with van der Waals surface area (Å²) in [4.78, 5) is 4.28. The van der Waals surface area contributed by atoms with E-state index in [0.29, 0.717) is 35.0 Å². The van der Waals surface area contributed by atoms with Crippen LogP contribution in [0.1, 0.15) is 11.1 Å². The van der Waals surface area contributed by atoms with E-state index in [1.54, 1.807) is 32.4 Å². The topological polar surface area (TPSA) is 89.1 Å². The Balaban J connectivity index is 1.94. The zero-order valence-electron chi connectivity index (χ0n) is 13.5. The van der Waals surface area contributed by atoms with E-state index in [-0.39, 0.29) is 5.75 Å². The average molecular weight is 394 g/mol. The zero-order valence-corrected chi connectivity index (χ0v) is 15.1. The number of aromatic hydroxyl groups is 1. The lowest BCUT2D eigenvalue weighted by molar-refractivity contribution is 0.354. The molecule has 0 heterocycles. The molecule has 0 saturated heterocycles. The summed E-state index contributed by atoms with van der Waals surface area (Å²) in [6, 6.07) is 10.9. The van der Waals surface area contributed by atoms with Crippen molar-refractivity contribution in [2.24, 2.45) is 10.7 Å². The minimum Gasteiger partial charge on any atom is -0.507 e. The summed E-state index contributed by atoms with van der Waals surface area (Å²) in [7, 11) is 3.20. The number of methoxy groups -OCH3 is 2. The number of benzene rings is 2.